The summed E-state index contributed by atoms with van der Waals surface area (Å²) in [6.45, 7) is 4.41. The van der Waals surface area contributed by atoms with Gasteiger partial charge in [-0.25, -0.2) is 4.79 Å². The summed E-state index contributed by atoms with van der Waals surface area (Å²) in [7, 11) is 1.53. The average Bonchev–Trinajstić information content (AvgIpc) is 3.14. The van der Waals surface area contributed by atoms with E-state index in [1.165, 1.54) is 16.5 Å². The number of nitrogen functional groups attached to an aromatic ring is 1. The molecule has 0 saturated heterocycles. The van der Waals surface area contributed by atoms with Gasteiger partial charge in [-0.2, -0.15) is 0 Å². The quantitative estimate of drug-likeness (QED) is 0.827. The molecular formula is C14H22N4O3. The first kappa shape index (κ1) is 15.3. The Morgan fingerprint density at radius 2 is 2.10 bits per heavy atom. The first-order valence-electron chi connectivity index (χ1n) is 7.28. The van der Waals surface area contributed by atoms with Gasteiger partial charge in [-0.05, 0) is 18.8 Å². The van der Waals surface area contributed by atoms with Gasteiger partial charge in [0.1, 0.15) is 5.82 Å². The zero-order valence-electron chi connectivity index (χ0n) is 12.7. The zero-order chi connectivity index (χ0) is 15.7. The molecule has 2 rings (SSSR count). The summed E-state index contributed by atoms with van der Waals surface area (Å²) in [5, 5.41) is 0. The molecule has 7 heteroatoms. The lowest BCUT2D eigenvalue weighted by atomic mass is 10.2. The van der Waals surface area contributed by atoms with E-state index >= 15 is 0 Å². The first-order valence-corrected chi connectivity index (χ1v) is 7.28. The van der Waals surface area contributed by atoms with E-state index < -0.39 is 11.2 Å². The number of nitrogens with one attached hydrogen (secondary N) is 1. The maximum absolute atomic E-state index is 12.3. The van der Waals surface area contributed by atoms with Crippen LogP contribution in [0, 0.1) is 11.8 Å². The standard InChI is InChI=1S/C14H22N4O3/c1-4-5-6-18-11(15)10(12(19)16-14(18)21)17(3)13(20)9-7-8(9)2/h8-9H,4-7,15H2,1-3H3,(H,16,19,21). The number of carbonyl (C=O) groups excluding carboxylic acids is 1. The Bertz CT molecular complexity index is 661. The topological polar surface area (TPSA) is 101 Å². The number of nitrogens with two attached hydrogens (primary N) is 1. The van der Waals surface area contributed by atoms with Gasteiger partial charge in [0.05, 0.1) is 0 Å². The lowest BCUT2D eigenvalue weighted by Crippen LogP contribution is -2.40. The molecule has 1 aliphatic rings. The highest BCUT2D eigenvalue weighted by molar-refractivity contribution is 5.98. The van der Waals surface area contributed by atoms with Crippen LogP contribution in [-0.4, -0.2) is 22.5 Å². The van der Waals surface area contributed by atoms with Crippen molar-refractivity contribution >= 4 is 17.4 Å². The second kappa shape index (κ2) is 5.75. The van der Waals surface area contributed by atoms with Gasteiger partial charge >= 0.3 is 5.69 Å². The molecule has 0 aromatic carbocycles. The maximum Gasteiger partial charge on any atom is 0.330 e. The Morgan fingerprint density at radius 1 is 1.48 bits per heavy atom. The van der Waals surface area contributed by atoms with Gasteiger partial charge in [-0.1, -0.05) is 20.3 Å². The molecule has 7 nitrogen and oxygen atoms in total. The molecule has 0 aliphatic heterocycles. The van der Waals surface area contributed by atoms with Crippen LogP contribution in [0.1, 0.15) is 33.1 Å². The van der Waals surface area contributed by atoms with Crippen LogP contribution in [0.3, 0.4) is 0 Å². The number of H-pyrrole nitrogens is 1. The molecule has 1 aromatic rings. The molecule has 1 amide bonds. The van der Waals surface area contributed by atoms with E-state index in [1.807, 2.05) is 13.8 Å². The summed E-state index contributed by atoms with van der Waals surface area (Å²) in [5.74, 6) is 0.220. The summed E-state index contributed by atoms with van der Waals surface area (Å²) in [6, 6.07) is 0. The summed E-state index contributed by atoms with van der Waals surface area (Å²) < 4.78 is 1.32. The van der Waals surface area contributed by atoms with Crippen molar-refractivity contribution in [1.82, 2.24) is 9.55 Å². The maximum atomic E-state index is 12.3. The Hall–Kier alpha value is -2.05. The average molecular weight is 294 g/mol. The summed E-state index contributed by atoms with van der Waals surface area (Å²) in [4.78, 5) is 39.6. The molecule has 2 atom stereocenters. The third-order valence-electron chi connectivity index (χ3n) is 4.04. The van der Waals surface area contributed by atoms with E-state index in [9.17, 15) is 14.4 Å². The fourth-order valence-electron chi connectivity index (χ4n) is 2.46. The highest BCUT2D eigenvalue weighted by Gasteiger charge is 2.41. The second-order valence-electron chi connectivity index (χ2n) is 5.72. The molecule has 1 aliphatic carbocycles. The second-order valence-corrected chi connectivity index (χ2v) is 5.72. The zero-order valence-corrected chi connectivity index (χ0v) is 12.7. The molecule has 1 saturated carbocycles. The van der Waals surface area contributed by atoms with Crippen molar-refractivity contribution in [3.63, 3.8) is 0 Å². The summed E-state index contributed by atoms with van der Waals surface area (Å²) >= 11 is 0. The highest BCUT2D eigenvalue weighted by Crippen LogP contribution is 2.39. The van der Waals surface area contributed by atoms with Crippen molar-refractivity contribution in [2.45, 2.75) is 39.7 Å². The molecule has 0 spiro atoms. The highest BCUT2D eigenvalue weighted by atomic mass is 16.2. The monoisotopic (exact) mass is 294 g/mol. The number of rotatable bonds is 5. The van der Waals surface area contributed by atoms with Crippen LogP contribution in [0.4, 0.5) is 11.5 Å². The largest absolute Gasteiger partial charge is 0.383 e. The van der Waals surface area contributed by atoms with Crippen LogP contribution in [0.15, 0.2) is 9.59 Å². The Labute approximate surface area is 122 Å². The number of hydrogen-bond acceptors (Lipinski definition) is 4. The molecular weight excluding hydrogens is 272 g/mol. The van der Waals surface area contributed by atoms with Crippen molar-refractivity contribution < 1.29 is 4.79 Å². The summed E-state index contributed by atoms with van der Waals surface area (Å²) in [5.41, 5.74) is 4.89. The van der Waals surface area contributed by atoms with Gasteiger partial charge in [0.25, 0.3) is 5.56 Å². The molecule has 21 heavy (non-hydrogen) atoms. The van der Waals surface area contributed by atoms with Crippen LogP contribution < -0.4 is 21.9 Å². The molecule has 3 N–H and O–H groups in total. The van der Waals surface area contributed by atoms with E-state index in [4.69, 9.17) is 5.73 Å². The van der Waals surface area contributed by atoms with Gasteiger partial charge in [-0.3, -0.25) is 19.1 Å². The van der Waals surface area contributed by atoms with Gasteiger partial charge in [0.2, 0.25) is 5.91 Å². The molecule has 116 valence electrons. The fraction of sp³-hybridized carbons (Fsp3) is 0.643. The number of nitrogens with zero attached hydrogens (tertiary/aromatic N) is 2. The van der Waals surface area contributed by atoms with Crippen LogP contribution in [0.25, 0.3) is 0 Å². The van der Waals surface area contributed by atoms with Crippen LogP contribution >= 0.6 is 0 Å². The minimum atomic E-state index is -0.616. The predicted molar refractivity (Wildman–Crippen MR) is 81.3 cm³/mol. The van der Waals surface area contributed by atoms with Crippen LogP contribution in [-0.2, 0) is 11.3 Å². The van der Waals surface area contributed by atoms with Gasteiger partial charge in [0.15, 0.2) is 5.69 Å². The predicted octanol–water partition coefficient (Wildman–Crippen LogP) is 0.538. The van der Waals surface area contributed by atoms with Crippen molar-refractivity contribution in [3.8, 4) is 0 Å². The fourth-order valence-corrected chi connectivity index (χ4v) is 2.46. The molecule has 0 radical (unpaired) electrons. The van der Waals surface area contributed by atoms with E-state index in [2.05, 4.69) is 4.98 Å². The lowest BCUT2D eigenvalue weighted by molar-refractivity contribution is -0.119. The lowest BCUT2D eigenvalue weighted by Gasteiger charge is -2.20. The number of hydrogen-bond donors (Lipinski definition) is 2. The number of amides is 1. The van der Waals surface area contributed by atoms with E-state index in [-0.39, 0.29) is 23.3 Å². The first-order chi connectivity index (χ1) is 9.88. The minimum absolute atomic E-state index is 0.0511. The Kier molecular flexibility index (Phi) is 4.20. The smallest absolute Gasteiger partial charge is 0.330 e. The molecule has 1 heterocycles. The molecule has 0 bridgehead atoms. The SMILES string of the molecule is CCCCn1c(N)c(N(C)C(=O)C2CC2C)c(=O)[nH]c1=O. The third kappa shape index (κ3) is 2.86. The van der Waals surface area contributed by atoms with E-state index in [1.54, 1.807) is 0 Å². The van der Waals surface area contributed by atoms with Crippen LogP contribution in [0.2, 0.25) is 0 Å². The number of anilines is 2. The summed E-state index contributed by atoms with van der Waals surface area (Å²) in [6.07, 6.45) is 2.50. The number of unbranched alkanes of at least 4 members (excludes halogenated alkanes) is 1. The number of carbonyl (C=O) groups is 1. The van der Waals surface area contributed by atoms with Crippen molar-refractivity contribution in [1.29, 1.82) is 0 Å². The van der Waals surface area contributed by atoms with Crippen molar-refractivity contribution in [2.75, 3.05) is 17.7 Å². The number of aromatic amines is 1. The van der Waals surface area contributed by atoms with E-state index in [0.29, 0.717) is 12.5 Å². The van der Waals surface area contributed by atoms with E-state index in [0.717, 1.165) is 19.3 Å². The van der Waals surface area contributed by atoms with Gasteiger partial charge in [-0.15, -0.1) is 0 Å². The van der Waals surface area contributed by atoms with Crippen molar-refractivity contribution in [3.05, 3.63) is 20.8 Å². The van der Waals surface area contributed by atoms with Gasteiger partial charge in [0, 0.05) is 19.5 Å². The third-order valence-corrected chi connectivity index (χ3v) is 4.04. The Morgan fingerprint density at radius 3 is 2.62 bits per heavy atom. The Balaban J connectivity index is 2.40. The van der Waals surface area contributed by atoms with Crippen LogP contribution in [0.5, 0.6) is 0 Å². The number of aromatic nitrogens is 2. The minimum Gasteiger partial charge on any atom is -0.383 e. The normalized spacial score (nSPS) is 20.3. The van der Waals surface area contributed by atoms with Crippen molar-refractivity contribution in [2.24, 2.45) is 11.8 Å². The van der Waals surface area contributed by atoms with Gasteiger partial charge < -0.3 is 10.6 Å². The molecule has 2 unspecified atom stereocenters. The molecule has 1 aromatic heterocycles. The molecule has 1 fully saturated rings.